The normalized spacial score (nSPS) is 16.8. The summed E-state index contributed by atoms with van der Waals surface area (Å²) >= 11 is 18.6. The molecule has 0 spiro atoms. The molecule has 0 bridgehead atoms. The second-order valence-corrected chi connectivity index (χ2v) is 7.00. The Hall–Kier alpha value is -0.970. The molecule has 128 valence electrons. The van der Waals surface area contributed by atoms with Crippen LogP contribution in [0, 0.1) is 0 Å². The molecule has 0 saturated carbocycles. The molecule has 1 aliphatic rings. The topological polar surface area (TPSA) is 24.5 Å². The first-order chi connectivity index (χ1) is 11.6. The van der Waals surface area contributed by atoms with E-state index < -0.39 is 0 Å². The SMILES string of the molecule is COc1ccc(Cl)cc1C(c1ccc(Cl)c(Cl)c1)N1CCNCC1. The van der Waals surface area contributed by atoms with Gasteiger partial charge < -0.3 is 10.1 Å². The van der Waals surface area contributed by atoms with E-state index >= 15 is 0 Å². The fourth-order valence-corrected chi connectivity index (χ4v) is 3.62. The molecule has 2 aromatic carbocycles. The van der Waals surface area contributed by atoms with Crippen molar-refractivity contribution in [1.82, 2.24) is 10.2 Å². The van der Waals surface area contributed by atoms with E-state index in [0.29, 0.717) is 15.1 Å². The van der Waals surface area contributed by atoms with E-state index in [2.05, 4.69) is 10.2 Å². The molecule has 1 atom stereocenters. The molecular weight excluding hydrogens is 367 g/mol. The minimum absolute atomic E-state index is 0.00974. The summed E-state index contributed by atoms with van der Waals surface area (Å²) in [5.74, 6) is 0.814. The fourth-order valence-electron chi connectivity index (χ4n) is 3.13. The lowest BCUT2D eigenvalue weighted by Crippen LogP contribution is -2.45. The number of benzene rings is 2. The lowest BCUT2D eigenvalue weighted by molar-refractivity contribution is 0.195. The average molecular weight is 386 g/mol. The van der Waals surface area contributed by atoms with Gasteiger partial charge in [-0.05, 0) is 35.9 Å². The minimum atomic E-state index is 0.00974. The maximum atomic E-state index is 6.27. The van der Waals surface area contributed by atoms with Gasteiger partial charge in [-0.3, -0.25) is 4.90 Å². The molecule has 0 aliphatic carbocycles. The maximum absolute atomic E-state index is 6.27. The number of rotatable bonds is 4. The second kappa shape index (κ2) is 7.94. The summed E-state index contributed by atoms with van der Waals surface area (Å²) in [5.41, 5.74) is 2.11. The van der Waals surface area contributed by atoms with Gasteiger partial charge in [-0.1, -0.05) is 40.9 Å². The number of nitrogens with zero attached hydrogens (tertiary/aromatic N) is 1. The monoisotopic (exact) mass is 384 g/mol. The lowest BCUT2D eigenvalue weighted by atomic mass is 9.95. The number of hydrogen-bond donors (Lipinski definition) is 1. The molecule has 1 unspecified atom stereocenters. The lowest BCUT2D eigenvalue weighted by Gasteiger charge is -2.36. The van der Waals surface area contributed by atoms with E-state index in [4.69, 9.17) is 39.5 Å². The van der Waals surface area contributed by atoms with Gasteiger partial charge >= 0.3 is 0 Å². The minimum Gasteiger partial charge on any atom is -0.496 e. The number of hydrogen-bond acceptors (Lipinski definition) is 3. The van der Waals surface area contributed by atoms with Crippen LogP contribution < -0.4 is 10.1 Å². The number of methoxy groups -OCH3 is 1. The number of halogens is 3. The number of piperazine rings is 1. The summed E-state index contributed by atoms with van der Waals surface area (Å²) in [6.45, 7) is 3.75. The fraction of sp³-hybridized carbons (Fsp3) is 0.333. The summed E-state index contributed by atoms with van der Waals surface area (Å²) in [6, 6.07) is 11.5. The van der Waals surface area contributed by atoms with Crippen molar-refractivity contribution in [2.45, 2.75) is 6.04 Å². The van der Waals surface area contributed by atoms with Crippen molar-refractivity contribution in [3.8, 4) is 5.75 Å². The maximum Gasteiger partial charge on any atom is 0.124 e. The first-order valence-corrected chi connectivity index (χ1v) is 8.96. The van der Waals surface area contributed by atoms with Gasteiger partial charge in [0, 0.05) is 36.8 Å². The van der Waals surface area contributed by atoms with Crippen LogP contribution in [0.15, 0.2) is 36.4 Å². The zero-order chi connectivity index (χ0) is 17.1. The van der Waals surface area contributed by atoms with E-state index in [1.165, 1.54) is 0 Å². The Kier molecular flexibility index (Phi) is 5.90. The Bertz CT molecular complexity index is 717. The summed E-state index contributed by atoms with van der Waals surface area (Å²) < 4.78 is 5.59. The molecule has 2 aromatic rings. The average Bonchev–Trinajstić information content (AvgIpc) is 2.59. The highest BCUT2D eigenvalue weighted by Gasteiger charge is 2.27. The molecule has 1 saturated heterocycles. The summed E-state index contributed by atoms with van der Waals surface area (Å²) in [7, 11) is 1.68. The Morgan fingerprint density at radius 3 is 2.42 bits per heavy atom. The van der Waals surface area contributed by atoms with Gasteiger partial charge in [0.15, 0.2) is 0 Å². The highest BCUT2D eigenvalue weighted by atomic mass is 35.5. The third-order valence-corrected chi connectivity index (χ3v) is 5.24. The third kappa shape index (κ3) is 3.81. The summed E-state index contributed by atoms with van der Waals surface area (Å²) in [5, 5.41) is 5.18. The Labute approximate surface area is 157 Å². The second-order valence-electron chi connectivity index (χ2n) is 5.75. The van der Waals surface area contributed by atoms with E-state index in [-0.39, 0.29) is 6.04 Å². The largest absolute Gasteiger partial charge is 0.496 e. The van der Waals surface area contributed by atoms with Crippen molar-refractivity contribution in [3.05, 3.63) is 62.6 Å². The van der Waals surface area contributed by atoms with Crippen LogP contribution in [-0.2, 0) is 0 Å². The van der Waals surface area contributed by atoms with Gasteiger partial charge in [0.05, 0.1) is 23.2 Å². The van der Waals surface area contributed by atoms with Crippen LogP contribution in [0.4, 0.5) is 0 Å². The molecule has 24 heavy (non-hydrogen) atoms. The molecule has 3 nitrogen and oxygen atoms in total. The van der Waals surface area contributed by atoms with E-state index in [0.717, 1.165) is 43.1 Å². The van der Waals surface area contributed by atoms with Crippen LogP contribution in [0.5, 0.6) is 5.75 Å². The van der Waals surface area contributed by atoms with Gasteiger partial charge in [-0.2, -0.15) is 0 Å². The zero-order valence-corrected chi connectivity index (χ0v) is 15.6. The molecule has 0 aromatic heterocycles. The van der Waals surface area contributed by atoms with E-state index in [1.54, 1.807) is 7.11 Å². The highest BCUT2D eigenvalue weighted by Crippen LogP contribution is 2.38. The first-order valence-electron chi connectivity index (χ1n) is 7.83. The standard InChI is InChI=1S/C18H19Cl3N2O/c1-24-17-5-3-13(19)11-14(17)18(23-8-6-22-7-9-23)12-2-4-15(20)16(21)10-12/h2-5,10-11,18,22H,6-9H2,1H3. The van der Waals surface area contributed by atoms with Crippen molar-refractivity contribution in [1.29, 1.82) is 0 Å². The van der Waals surface area contributed by atoms with Crippen molar-refractivity contribution in [2.24, 2.45) is 0 Å². The van der Waals surface area contributed by atoms with Crippen LogP contribution in [0.25, 0.3) is 0 Å². The van der Waals surface area contributed by atoms with Crippen LogP contribution in [0.1, 0.15) is 17.2 Å². The Balaban J connectivity index is 2.11. The Morgan fingerprint density at radius 1 is 1.00 bits per heavy atom. The summed E-state index contributed by atoms with van der Waals surface area (Å²) in [4.78, 5) is 2.41. The van der Waals surface area contributed by atoms with Gasteiger partial charge in [0.1, 0.15) is 5.75 Å². The molecule has 0 amide bonds. The van der Waals surface area contributed by atoms with Crippen LogP contribution in [0.2, 0.25) is 15.1 Å². The Morgan fingerprint density at radius 2 is 1.75 bits per heavy atom. The van der Waals surface area contributed by atoms with Gasteiger partial charge in [-0.15, -0.1) is 0 Å². The molecular formula is C18H19Cl3N2O. The molecule has 3 rings (SSSR count). The molecule has 1 fully saturated rings. The third-order valence-electron chi connectivity index (χ3n) is 4.26. The zero-order valence-electron chi connectivity index (χ0n) is 13.4. The van der Waals surface area contributed by atoms with Gasteiger partial charge in [0.2, 0.25) is 0 Å². The molecule has 1 aliphatic heterocycles. The van der Waals surface area contributed by atoms with E-state index in [1.807, 2.05) is 36.4 Å². The smallest absolute Gasteiger partial charge is 0.124 e. The van der Waals surface area contributed by atoms with Crippen molar-refractivity contribution < 1.29 is 4.74 Å². The number of nitrogens with one attached hydrogen (secondary N) is 1. The quantitative estimate of drug-likeness (QED) is 0.829. The van der Waals surface area contributed by atoms with Crippen LogP contribution in [-0.4, -0.2) is 38.2 Å². The molecule has 1 N–H and O–H groups in total. The van der Waals surface area contributed by atoms with E-state index in [9.17, 15) is 0 Å². The van der Waals surface area contributed by atoms with Crippen LogP contribution >= 0.6 is 34.8 Å². The highest BCUT2D eigenvalue weighted by molar-refractivity contribution is 6.42. The predicted molar refractivity (Wildman–Crippen MR) is 101 cm³/mol. The molecule has 6 heteroatoms. The molecule has 0 radical (unpaired) electrons. The summed E-state index contributed by atoms with van der Waals surface area (Å²) in [6.07, 6.45) is 0. The predicted octanol–water partition coefficient (Wildman–Crippen LogP) is 4.65. The molecule has 1 heterocycles. The van der Waals surface area contributed by atoms with Crippen molar-refractivity contribution in [2.75, 3.05) is 33.3 Å². The van der Waals surface area contributed by atoms with Crippen molar-refractivity contribution in [3.63, 3.8) is 0 Å². The van der Waals surface area contributed by atoms with Crippen molar-refractivity contribution >= 4 is 34.8 Å². The number of ether oxygens (including phenoxy) is 1. The van der Waals surface area contributed by atoms with Gasteiger partial charge in [-0.25, -0.2) is 0 Å². The van der Waals surface area contributed by atoms with Gasteiger partial charge in [0.25, 0.3) is 0 Å². The first kappa shape index (κ1) is 17.8. The van der Waals surface area contributed by atoms with Crippen LogP contribution in [0.3, 0.4) is 0 Å².